The van der Waals surface area contributed by atoms with Crippen LogP contribution in [0.3, 0.4) is 0 Å². The molecule has 0 bridgehead atoms. The van der Waals surface area contributed by atoms with E-state index in [1.54, 1.807) is 4.90 Å². The molecule has 0 aromatic rings. The van der Waals surface area contributed by atoms with E-state index in [0.29, 0.717) is 25.5 Å². The molecule has 1 amide bonds. The van der Waals surface area contributed by atoms with Gasteiger partial charge in [0.1, 0.15) is 0 Å². The zero-order valence-electron chi connectivity index (χ0n) is 11.1. The van der Waals surface area contributed by atoms with Crippen LogP contribution in [0.2, 0.25) is 0 Å². The number of piperidine rings is 1. The second-order valence-corrected chi connectivity index (χ2v) is 4.85. The predicted molar refractivity (Wildman–Crippen MR) is 67.4 cm³/mol. The van der Waals surface area contributed by atoms with Gasteiger partial charge in [0.05, 0.1) is 6.61 Å². The molecule has 5 heteroatoms. The lowest BCUT2D eigenvalue weighted by molar-refractivity contribution is -0.137. The normalized spacial score (nSPS) is 19.6. The molecule has 1 fully saturated rings. The number of carboxylic acids is 1. The van der Waals surface area contributed by atoms with Crippen molar-refractivity contribution in [2.75, 3.05) is 19.7 Å². The molecule has 1 aliphatic heterocycles. The predicted octanol–water partition coefficient (Wildman–Crippen LogP) is 2.50. The molecule has 0 saturated carbocycles. The molecule has 1 aliphatic rings. The first-order valence-corrected chi connectivity index (χ1v) is 6.77. The first-order chi connectivity index (χ1) is 8.63. The van der Waals surface area contributed by atoms with E-state index in [-0.39, 0.29) is 12.5 Å². The van der Waals surface area contributed by atoms with Crippen LogP contribution in [-0.4, -0.2) is 41.8 Å². The van der Waals surface area contributed by atoms with Gasteiger partial charge < -0.3 is 14.7 Å². The molecule has 1 atom stereocenters. The third kappa shape index (κ3) is 5.38. The van der Waals surface area contributed by atoms with Crippen LogP contribution in [0.4, 0.5) is 4.79 Å². The summed E-state index contributed by atoms with van der Waals surface area (Å²) in [6.07, 6.45) is 4.43. The summed E-state index contributed by atoms with van der Waals surface area (Å²) in [6, 6.07) is 0. The Hall–Kier alpha value is -1.26. The minimum atomic E-state index is -0.766. The molecule has 0 spiro atoms. The number of nitrogens with zero attached hydrogens (tertiary/aromatic N) is 1. The molecule has 1 N–H and O–H groups in total. The number of ether oxygens (including phenoxy) is 1. The van der Waals surface area contributed by atoms with Crippen molar-refractivity contribution < 1.29 is 19.4 Å². The van der Waals surface area contributed by atoms with Crippen LogP contribution < -0.4 is 0 Å². The number of hydrogen-bond acceptors (Lipinski definition) is 3. The summed E-state index contributed by atoms with van der Waals surface area (Å²) in [7, 11) is 0. The number of carbonyl (C=O) groups excluding carboxylic acids is 1. The molecular formula is C13H23NO4. The molecule has 1 unspecified atom stereocenters. The molecule has 0 aromatic heterocycles. The molecule has 1 rings (SSSR count). The number of aliphatic carboxylic acids is 1. The van der Waals surface area contributed by atoms with E-state index in [1.807, 2.05) is 0 Å². The Morgan fingerprint density at radius 1 is 1.44 bits per heavy atom. The Bertz CT molecular complexity index is 280. The number of likely N-dealkylation sites (tertiary alicyclic amines) is 1. The van der Waals surface area contributed by atoms with Gasteiger partial charge in [-0.3, -0.25) is 4.79 Å². The Morgan fingerprint density at radius 3 is 2.89 bits per heavy atom. The minimum Gasteiger partial charge on any atom is -0.481 e. The van der Waals surface area contributed by atoms with E-state index in [2.05, 4.69) is 6.92 Å². The lowest BCUT2D eigenvalue weighted by Gasteiger charge is -2.31. The molecule has 0 aromatic carbocycles. The van der Waals surface area contributed by atoms with Gasteiger partial charge >= 0.3 is 12.1 Å². The van der Waals surface area contributed by atoms with E-state index in [0.717, 1.165) is 32.2 Å². The van der Waals surface area contributed by atoms with Crippen LogP contribution in [0.5, 0.6) is 0 Å². The van der Waals surface area contributed by atoms with Crippen molar-refractivity contribution in [3.63, 3.8) is 0 Å². The SMILES string of the molecule is CCCCOC(=O)N1CCCC(CCC(=O)O)C1. The van der Waals surface area contributed by atoms with Crippen LogP contribution in [0.1, 0.15) is 45.4 Å². The zero-order chi connectivity index (χ0) is 13.4. The lowest BCUT2D eigenvalue weighted by Crippen LogP contribution is -2.40. The summed E-state index contributed by atoms with van der Waals surface area (Å²) in [5.74, 6) is -0.466. The standard InChI is InChI=1S/C13H23NO4/c1-2-3-9-18-13(17)14-8-4-5-11(10-14)6-7-12(15)16/h11H,2-10H2,1H3,(H,15,16). The maximum Gasteiger partial charge on any atom is 0.409 e. The number of carbonyl (C=O) groups is 2. The van der Waals surface area contributed by atoms with E-state index < -0.39 is 5.97 Å². The molecule has 1 saturated heterocycles. The molecular weight excluding hydrogens is 234 g/mol. The van der Waals surface area contributed by atoms with Gasteiger partial charge in [0, 0.05) is 19.5 Å². The van der Waals surface area contributed by atoms with Crippen LogP contribution in [0.25, 0.3) is 0 Å². The third-order valence-electron chi connectivity index (χ3n) is 3.27. The number of hydrogen-bond donors (Lipinski definition) is 1. The quantitative estimate of drug-likeness (QED) is 0.742. The van der Waals surface area contributed by atoms with Gasteiger partial charge in [-0.15, -0.1) is 0 Å². The van der Waals surface area contributed by atoms with Crippen molar-refractivity contribution in [2.24, 2.45) is 5.92 Å². The van der Waals surface area contributed by atoms with Gasteiger partial charge in [-0.1, -0.05) is 13.3 Å². The van der Waals surface area contributed by atoms with Crippen LogP contribution in [-0.2, 0) is 9.53 Å². The van der Waals surface area contributed by atoms with Gasteiger partial charge in [0.2, 0.25) is 0 Å². The minimum absolute atomic E-state index is 0.184. The molecule has 1 heterocycles. The Morgan fingerprint density at radius 2 is 2.22 bits per heavy atom. The van der Waals surface area contributed by atoms with E-state index in [1.165, 1.54) is 0 Å². The number of amides is 1. The fraction of sp³-hybridized carbons (Fsp3) is 0.846. The van der Waals surface area contributed by atoms with Crippen LogP contribution >= 0.6 is 0 Å². The summed E-state index contributed by atoms with van der Waals surface area (Å²) in [6.45, 7) is 3.90. The summed E-state index contributed by atoms with van der Waals surface area (Å²) >= 11 is 0. The maximum atomic E-state index is 11.7. The van der Waals surface area contributed by atoms with Crippen molar-refractivity contribution in [1.29, 1.82) is 0 Å². The van der Waals surface area contributed by atoms with Crippen molar-refractivity contribution in [2.45, 2.75) is 45.4 Å². The van der Waals surface area contributed by atoms with Crippen LogP contribution in [0, 0.1) is 5.92 Å². The first-order valence-electron chi connectivity index (χ1n) is 6.77. The summed E-state index contributed by atoms with van der Waals surface area (Å²) in [4.78, 5) is 24.0. The first kappa shape index (κ1) is 14.8. The largest absolute Gasteiger partial charge is 0.481 e. The average Bonchev–Trinajstić information content (AvgIpc) is 2.37. The molecule has 104 valence electrons. The monoisotopic (exact) mass is 257 g/mol. The summed E-state index contributed by atoms with van der Waals surface area (Å²) in [5.41, 5.74) is 0. The van der Waals surface area contributed by atoms with Crippen molar-refractivity contribution >= 4 is 12.1 Å². The second kappa shape index (κ2) is 7.95. The third-order valence-corrected chi connectivity index (χ3v) is 3.27. The summed E-state index contributed by atoms with van der Waals surface area (Å²) in [5, 5.41) is 8.66. The number of rotatable bonds is 6. The van der Waals surface area contributed by atoms with Gasteiger partial charge in [-0.2, -0.15) is 0 Å². The fourth-order valence-corrected chi connectivity index (χ4v) is 2.19. The zero-order valence-corrected chi connectivity index (χ0v) is 11.1. The van der Waals surface area contributed by atoms with Crippen LogP contribution in [0.15, 0.2) is 0 Å². The fourth-order valence-electron chi connectivity index (χ4n) is 2.19. The topological polar surface area (TPSA) is 66.8 Å². The molecule has 18 heavy (non-hydrogen) atoms. The highest BCUT2D eigenvalue weighted by atomic mass is 16.6. The highest BCUT2D eigenvalue weighted by Crippen LogP contribution is 2.21. The number of unbranched alkanes of at least 4 members (excludes halogenated alkanes) is 1. The van der Waals surface area contributed by atoms with Gasteiger partial charge in [0.15, 0.2) is 0 Å². The summed E-state index contributed by atoms with van der Waals surface area (Å²) < 4.78 is 5.17. The number of carboxylic acid groups (broad SMARTS) is 1. The molecule has 5 nitrogen and oxygen atoms in total. The second-order valence-electron chi connectivity index (χ2n) is 4.85. The van der Waals surface area contributed by atoms with Gasteiger partial charge in [-0.05, 0) is 31.6 Å². The lowest BCUT2D eigenvalue weighted by atomic mass is 9.94. The van der Waals surface area contributed by atoms with Crippen molar-refractivity contribution in [3.05, 3.63) is 0 Å². The maximum absolute atomic E-state index is 11.7. The van der Waals surface area contributed by atoms with Crippen molar-refractivity contribution in [3.8, 4) is 0 Å². The molecule has 0 aliphatic carbocycles. The van der Waals surface area contributed by atoms with Gasteiger partial charge in [0.25, 0.3) is 0 Å². The Labute approximate surface area is 108 Å². The average molecular weight is 257 g/mol. The van der Waals surface area contributed by atoms with E-state index in [9.17, 15) is 9.59 Å². The van der Waals surface area contributed by atoms with E-state index >= 15 is 0 Å². The van der Waals surface area contributed by atoms with Gasteiger partial charge in [-0.25, -0.2) is 4.79 Å². The Balaban J connectivity index is 2.28. The van der Waals surface area contributed by atoms with E-state index in [4.69, 9.17) is 9.84 Å². The molecule has 0 radical (unpaired) electrons. The van der Waals surface area contributed by atoms with Crippen molar-refractivity contribution in [1.82, 2.24) is 4.90 Å². The Kier molecular flexibility index (Phi) is 6.54. The highest BCUT2D eigenvalue weighted by molar-refractivity contribution is 5.68. The smallest absolute Gasteiger partial charge is 0.409 e. The highest BCUT2D eigenvalue weighted by Gasteiger charge is 2.24.